The maximum atomic E-state index is 13.9. The molecule has 4 aliphatic rings. The van der Waals surface area contributed by atoms with Gasteiger partial charge in [0.25, 0.3) is 0 Å². The molecule has 10 heteroatoms. The van der Waals surface area contributed by atoms with Crippen LogP contribution in [0.25, 0.3) is 0 Å². The first kappa shape index (κ1) is 24.0. The van der Waals surface area contributed by atoms with Crippen LogP contribution in [0.3, 0.4) is 0 Å². The summed E-state index contributed by atoms with van der Waals surface area (Å²) in [5, 5.41) is -0.00331. The van der Waals surface area contributed by atoms with E-state index in [9.17, 15) is 12.8 Å². The SMILES string of the molecule is O=S(=O)(NSC1CC2=C(C#CC3CC3)[C@@H](c3ccc(F)cc3Cl)N=C(c3ccccn3)N2C1)C1CC1. The summed E-state index contributed by atoms with van der Waals surface area (Å²) in [6.07, 6.45) is 5.95. The summed E-state index contributed by atoms with van der Waals surface area (Å²) in [7, 11) is -3.31. The Balaban J connectivity index is 1.42. The highest BCUT2D eigenvalue weighted by atomic mass is 35.5. The van der Waals surface area contributed by atoms with Gasteiger partial charge in [0.05, 0.1) is 10.8 Å². The van der Waals surface area contributed by atoms with Gasteiger partial charge in [-0.1, -0.05) is 47.5 Å². The van der Waals surface area contributed by atoms with Crippen LogP contribution in [0.4, 0.5) is 4.39 Å². The third kappa shape index (κ3) is 4.92. The largest absolute Gasteiger partial charge is 0.326 e. The second kappa shape index (κ2) is 9.49. The fourth-order valence-electron chi connectivity index (χ4n) is 4.44. The van der Waals surface area contributed by atoms with E-state index in [1.54, 1.807) is 12.3 Å². The molecule has 1 saturated heterocycles. The van der Waals surface area contributed by atoms with Crippen molar-refractivity contribution in [2.75, 3.05) is 6.54 Å². The number of allylic oxidation sites excluding steroid dienone is 1. The van der Waals surface area contributed by atoms with E-state index in [4.69, 9.17) is 16.6 Å². The van der Waals surface area contributed by atoms with Gasteiger partial charge in [-0.2, -0.15) is 4.13 Å². The van der Waals surface area contributed by atoms with Crippen molar-refractivity contribution in [2.45, 2.75) is 48.6 Å². The standard InChI is InChI=1S/C26H24ClFN4O2S2/c27-22-13-17(28)7-11-20(22)25-21(10-6-16-4-5-16)24-14-18(35-31-36(33,34)19-8-9-19)15-32(24)26(30-25)23-3-1-2-12-29-23/h1-3,7,11-13,16,18-19,25,31H,4-5,8-9,14-15H2/t18?,25-/m1/s1. The van der Waals surface area contributed by atoms with Crippen LogP contribution < -0.4 is 4.13 Å². The Bertz CT molecular complexity index is 1430. The summed E-state index contributed by atoms with van der Waals surface area (Å²) < 4.78 is 41.5. The van der Waals surface area contributed by atoms with Crippen LogP contribution in [-0.2, 0) is 10.0 Å². The zero-order valence-corrected chi connectivity index (χ0v) is 21.7. The number of sulfonamides is 1. The fraction of sp³-hybridized carbons (Fsp3) is 0.385. The van der Waals surface area contributed by atoms with E-state index in [0.717, 1.165) is 37.0 Å². The summed E-state index contributed by atoms with van der Waals surface area (Å²) in [6, 6.07) is 9.51. The first-order valence-corrected chi connectivity index (χ1v) is 14.8. The topological polar surface area (TPSA) is 74.7 Å². The summed E-state index contributed by atoms with van der Waals surface area (Å²) in [5.41, 5.74) is 3.22. The Labute approximate surface area is 219 Å². The Morgan fingerprint density at radius 2 is 2.00 bits per heavy atom. The lowest BCUT2D eigenvalue weighted by Crippen LogP contribution is -2.34. The number of pyridine rings is 1. The van der Waals surface area contributed by atoms with Crippen molar-refractivity contribution in [3.05, 3.63) is 76.0 Å². The van der Waals surface area contributed by atoms with Gasteiger partial charge in [0.2, 0.25) is 10.0 Å². The summed E-state index contributed by atoms with van der Waals surface area (Å²) in [4.78, 5) is 11.7. The van der Waals surface area contributed by atoms with Crippen molar-refractivity contribution < 1.29 is 12.8 Å². The summed E-state index contributed by atoms with van der Waals surface area (Å²) >= 11 is 7.76. The van der Waals surface area contributed by atoms with E-state index in [0.29, 0.717) is 41.0 Å². The van der Waals surface area contributed by atoms with Gasteiger partial charge in [0, 0.05) is 46.6 Å². The van der Waals surface area contributed by atoms with E-state index in [-0.39, 0.29) is 10.5 Å². The Morgan fingerprint density at radius 1 is 1.17 bits per heavy atom. The lowest BCUT2D eigenvalue weighted by Gasteiger charge is -2.31. The van der Waals surface area contributed by atoms with E-state index < -0.39 is 21.9 Å². The molecule has 2 saturated carbocycles. The Morgan fingerprint density at radius 3 is 2.69 bits per heavy atom. The van der Waals surface area contributed by atoms with Gasteiger partial charge in [-0.25, -0.2) is 12.8 Å². The lowest BCUT2D eigenvalue weighted by atomic mass is 9.94. The first-order chi connectivity index (χ1) is 17.4. The molecule has 1 unspecified atom stereocenters. The van der Waals surface area contributed by atoms with Crippen molar-refractivity contribution in [2.24, 2.45) is 10.9 Å². The number of hydrogen-bond donors (Lipinski definition) is 1. The number of rotatable bonds is 6. The van der Waals surface area contributed by atoms with Crippen LogP contribution in [0.15, 0.2) is 58.9 Å². The monoisotopic (exact) mass is 542 g/mol. The molecule has 3 fully saturated rings. The molecule has 1 aromatic heterocycles. The number of aromatic nitrogens is 1. The van der Waals surface area contributed by atoms with E-state index in [1.165, 1.54) is 24.1 Å². The fourth-order valence-corrected chi connectivity index (χ4v) is 7.56. The second-order valence-corrected chi connectivity index (χ2v) is 13.3. The van der Waals surface area contributed by atoms with Crippen LogP contribution >= 0.6 is 23.5 Å². The maximum Gasteiger partial charge on any atom is 0.223 e. The summed E-state index contributed by atoms with van der Waals surface area (Å²) in [5.74, 6) is 7.42. The highest BCUT2D eigenvalue weighted by molar-refractivity contribution is 8.09. The lowest BCUT2D eigenvalue weighted by molar-refractivity contribution is 0.553. The smallest absolute Gasteiger partial charge is 0.223 e. The number of nitrogens with zero attached hydrogens (tertiary/aromatic N) is 3. The third-order valence-corrected chi connectivity index (χ3v) is 10.3. The van der Waals surface area contributed by atoms with Gasteiger partial charge in [-0.15, -0.1) is 0 Å². The molecular weight excluding hydrogens is 519 g/mol. The summed E-state index contributed by atoms with van der Waals surface area (Å²) in [6.45, 7) is 0.571. The highest BCUT2D eigenvalue weighted by Gasteiger charge is 2.41. The molecule has 1 aromatic carbocycles. The minimum Gasteiger partial charge on any atom is -0.326 e. The molecule has 6 nitrogen and oxygen atoms in total. The third-order valence-electron chi connectivity index (χ3n) is 6.66. The van der Waals surface area contributed by atoms with Crippen molar-refractivity contribution in [1.82, 2.24) is 14.0 Å². The molecule has 1 N–H and O–H groups in total. The minimum absolute atomic E-state index is 0.0254. The molecule has 186 valence electrons. The number of halogens is 2. The van der Waals surface area contributed by atoms with E-state index >= 15 is 0 Å². The molecule has 0 radical (unpaired) electrons. The number of fused-ring (bicyclic) bond motifs is 1. The predicted molar refractivity (Wildman–Crippen MR) is 140 cm³/mol. The molecule has 2 aromatic rings. The minimum atomic E-state index is -3.31. The second-order valence-electron chi connectivity index (χ2n) is 9.52. The molecule has 36 heavy (non-hydrogen) atoms. The normalized spacial score (nSPS) is 23.7. The van der Waals surface area contributed by atoms with Gasteiger partial charge in [-0.3, -0.25) is 9.98 Å². The van der Waals surface area contributed by atoms with Gasteiger partial charge in [-0.05, 0) is 49.9 Å². The number of amidine groups is 1. The van der Waals surface area contributed by atoms with Crippen molar-refractivity contribution in [1.29, 1.82) is 0 Å². The zero-order chi connectivity index (χ0) is 24.9. The molecule has 0 spiro atoms. The van der Waals surface area contributed by atoms with Crippen molar-refractivity contribution in [3.8, 4) is 11.8 Å². The van der Waals surface area contributed by atoms with Gasteiger partial charge in [0.15, 0.2) is 5.84 Å². The highest BCUT2D eigenvalue weighted by Crippen LogP contribution is 2.44. The van der Waals surface area contributed by atoms with Crippen LogP contribution in [0.1, 0.15) is 49.4 Å². The molecule has 2 aliphatic heterocycles. The Kier molecular flexibility index (Phi) is 6.32. The number of aliphatic imine (C=N–C) groups is 1. The molecule has 3 heterocycles. The van der Waals surface area contributed by atoms with Crippen molar-refractivity contribution >= 4 is 39.4 Å². The average Bonchev–Trinajstić information content (AvgIpc) is 3.79. The van der Waals surface area contributed by atoms with Crippen LogP contribution in [0.2, 0.25) is 5.02 Å². The number of benzene rings is 1. The Hall–Kier alpha value is -2.38. The van der Waals surface area contributed by atoms with Crippen molar-refractivity contribution in [3.63, 3.8) is 0 Å². The zero-order valence-electron chi connectivity index (χ0n) is 19.3. The average molecular weight is 543 g/mol. The number of nitrogens with one attached hydrogen (secondary N) is 1. The molecule has 0 bridgehead atoms. The quantitative estimate of drug-likeness (QED) is 0.417. The van der Waals surface area contributed by atoms with Gasteiger partial charge < -0.3 is 4.90 Å². The van der Waals surface area contributed by atoms with Gasteiger partial charge >= 0.3 is 0 Å². The van der Waals surface area contributed by atoms with Crippen LogP contribution in [-0.4, -0.2) is 41.2 Å². The number of hydrogen-bond acceptors (Lipinski definition) is 6. The molecular formula is C26H24ClFN4O2S2. The predicted octanol–water partition coefficient (Wildman–Crippen LogP) is 4.85. The molecule has 0 amide bonds. The van der Waals surface area contributed by atoms with E-state index in [1.807, 2.05) is 18.2 Å². The van der Waals surface area contributed by atoms with Crippen LogP contribution in [0, 0.1) is 23.6 Å². The molecule has 2 aliphatic carbocycles. The molecule has 2 atom stereocenters. The first-order valence-electron chi connectivity index (χ1n) is 12.0. The molecule has 6 rings (SSSR count). The van der Waals surface area contributed by atoms with E-state index in [2.05, 4.69) is 25.9 Å². The van der Waals surface area contributed by atoms with Crippen LogP contribution in [0.5, 0.6) is 0 Å². The maximum absolute atomic E-state index is 13.9. The van der Waals surface area contributed by atoms with Gasteiger partial charge in [0.1, 0.15) is 17.6 Å².